The second-order valence-corrected chi connectivity index (χ2v) is 5.98. The Balaban J connectivity index is 0.00000264. The van der Waals surface area contributed by atoms with E-state index in [0.29, 0.717) is 32.6 Å². The van der Waals surface area contributed by atoms with Crippen LogP contribution in [-0.2, 0) is 14.3 Å². The molecule has 0 radical (unpaired) electrons. The predicted octanol–water partition coefficient (Wildman–Crippen LogP) is -0.134. The first-order valence-electron chi connectivity index (χ1n) is 8.26. The number of hydrogen-bond acceptors (Lipinski definition) is 5. The Bertz CT molecular complexity index is 382. The maximum Gasteiger partial charge on any atom is 0.225 e. The minimum absolute atomic E-state index is 0. The molecule has 0 spiro atoms. The number of ether oxygens (including phenoxy) is 1. The normalized spacial score (nSPS) is 21.1. The molecule has 2 heterocycles. The van der Waals surface area contributed by atoms with E-state index < -0.39 is 0 Å². The van der Waals surface area contributed by atoms with Crippen LogP contribution >= 0.6 is 24.8 Å². The summed E-state index contributed by atoms with van der Waals surface area (Å²) in [4.78, 5) is 28.2. The number of hydrogen-bond donors (Lipinski definition) is 2. The van der Waals surface area contributed by atoms with Gasteiger partial charge in [0.05, 0.1) is 19.1 Å². The number of carbonyl (C=O) groups excluding carboxylic acids is 2. The van der Waals surface area contributed by atoms with Crippen molar-refractivity contribution >= 4 is 36.6 Å². The number of halogens is 2. The summed E-state index contributed by atoms with van der Waals surface area (Å²) in [6, 6.07) is 0. The molecule has 3 N–H and O–H groups in total. The second-order valence-electron chi connectivity index (χ2n) is 5.98. The number of morpholine rings is 1. The molecule has 1 unspecified atom stereocenters. The minimum atomic E-state index is -0.199. The molecule has 1 atom stereocenters. The Hall–Kier alpha value is -0.600. The van der Waals surface area contributed by atoms with Gasteiger partial charge in [0.25, 0.3) is 0 Å². The van der Waals surface area contributed by atoms with Crippen molar-refractivity contribution in [2.24, 2.45) is 11.7 Å². The van der Waals surface area contributed by atoms with Gasteiger partial charge in [0.2, 0.25) is 11.8 Å². The van der Waals surface area contributed by atoms with Crippen molar-refractivity contribution in [3.63, 3.8) is 0 Å². The summed E-state index contributed by atoms with van der Waals surface area (Å²) in [5, 5.41) is 2.91. The van der Waals surface area contributed by atoms with Crippen molar-refractivity contribution in [2.45, 2.75) is 19.3 Å². The summed E-state index contributed by atoms with van der Waals surface area (Å²) in [7, 11) is 0. The van der Waals surface area contributed by atoms with Gasteiger partial charge in [-0.05, 0) is 19.4 Å². The van der Waals surface area contributed by atoms with Crippen LogP contribution in [0.1, 0.15) is 19.3 Å². The summed E-state index contributed by atoms with van der Waals surface area (Å²) in [5.74, 6) is -0.107. The Morgan fingerprint density at radius 1 is 1.21 bits per heavy atom. The third kappa shape index (κ3) is 7.53. The highest BCUT2D eigenvalue weighted by molar-refractivity contribution is 5.89. The number of nitrogens with two attached hydrogens (primary N) is 1. The van der Waals surface area contributed by atoms with E-state index in [9.17, 15) is 9.59 Å². The molecule has 2 saturated heterocycles. The highest BCUT2D eigenvalue weighted by Gasteiger charge is 2.34. The highest BCUT2D eigenvalue weighted by atomic mass is 35.5. The Kier molecular flexibility index (Phi) is 12.4. The van der Waals surface area contributed by atoms with Gasteiger partial charge in [-0.2, -0.15) is 0 Å². The maximum atomic E-state index is 12.1. The van der Waals surface area contributed by atoms with Gasteiger partial charge < -0.3 is 20.7 Å². The van der Waals surface area contributed by atoms with E-state index in [4.69, 9.17) is 10.5 Å². The van der Waals surface area contributed by atoms with Gasteiger partial charge in [-0.25, -0.2) is 0 Å². The molecule has 2 fully saturated rings. The van der Waals surface area contributed by atoms with Gasteiger partial charge in [-0.3, -0.25) is 14.5 Å². The molecular formula is C15H30Cl2N4O3. The SMILES string of the molecule is Cl.Cl.NCCCCNC(=O)C1CC(=O)N(CCN2CCOCC2)C1. The highest BCUT2D eigenvalue weighted by Crippen LogP contribution is 2.17. The number of carbonyl (C=O) groups is 2. The molecular weight excluding hydrogens is 355 g/mol. The second kappa shape index (κ2) is 12.7. The van der Waals surface area contributed by atoms with Gasteiger partial charge in [0, 0.05) is 45.7 Å². The van der Waals surface area contributed by atoms with Crippen molar-refractivity contribution in [3.05, 3.63) is 0 Å². The van der Waals surface area contributed by atoms with E-state index >= 15 is 0 Å². The fourth-order valence-corrected chi connectivity index (χ4v) is 2.88. The van der Waals surface area contributed by atoms with Crippen LogP contribution in [0.2, 0.25) is 0 Å². The molecule has 2 amide bonds. The quantitative estimate of drug-likeness (QED) is 0.569. The van der Waals surface area contributed by atoms with Crippen molar-refractivity contribution in [3.8, 4) is 0 Å². The lowest BCUT2D eigenvalue weighted by Gasteiger charge is -2.28. The molecule has 0 aromatic heterocycles. The van der Waals surface area contributed by atoms with E-state index in [1.165, 1.54) is 0 Å². The van der Waals surface area contributed by atoms with Crippen LogP contribution in [0.25, 0.3) is 0 Å². The summed E-state index contributed by atoms with van der Waals surface area (Å²) in [6.45, 7) is 6.78. The number of nitrogens with one attached hydrogen (secondary N) is 1. The van der Waals surface area contributed by atoms with Crippen molar-refractivity contribution in [1.29, 1.82) is 0 Å². The monoisotopic (exact) mass is 384 g/mol. The van der Waals surface area contributed by atoms with Crippen molar-refractivity contribution in [1.82, 2.24) is 15.1 Å². The number of rotatable bonds is 8. The smallest absolute Gasteiger partial charge is 0.225 e. The molecule has 0 bridgehead atoms. The molecule has 2 rings (SSSR count). The molecule has 7 nitrogen and oxygen atoms in total. The van der Waals surface area contributed by atoms with Crippen LogP contribution in [0.15, 0.2) is 0 Å². The van der Waals surface area contributed by atoms with E-state index in [1.54, 1.807) is 0 Å². The predicted molar refractivity (Wildman–Crippen MR) is 97.7 cm³/mol. The van der Waals surface area contributed by atoms with Crippen LogP contribution in [0, 0.1) is 5.92 Å². The zero-order valence-electron chi connectivity index (χ0n) is 14.1. The number of likely N-dealkylation sites (tertiary alicyclic amines) is 1. The summed E-state index contributed by atoms with van der Waals surface area (Å²) in [6.07, 6.45) is 2.14. The number of amides is 2. The average Bonchev–Trinajstić information content (AvgIpc) is 2.91. The number of unbranched alkanes of at least 4 members (excludes halogenated alkanes) is 1. The van der Waals surface area contributed by atoms with Gasteiger partial charge in [0.1, 0.15) is 0 Å². The first kappa shape index (κ1) is 23.4. The molecule has 24 heavy (non-hydrogen) atoms. The topological polar surface area (TPSA) is 87.9 Å². The van der Waals surface area contributed by atoms with E-state index in [2.05, 4.69) is 10.2 Å². The van der Waals surface area contributed by atoms with Gasteiger partial charge in [-0.15, -0.1) is 24.8 Å². The van der Waals surface area contributed by atoms with Gasteiger partial charge in [-0.1, -0.05) is 0 Å². The first-order chi connectivity index (χ1) is 10.7. The Morgan fingerprint density at radius 2 is 1.92 bits per heavy atom. The van der Waals surface area contributed by atoms with Crippen LogP contribution in [-0.4, -0.2) is 80.6 Å². The number of nitrogens with zero attached hydrogens (tertiary/aromatic N) is 2. The van der Waals surface area contributed by atoms with E-state index in [1.807, 2.05) is 4.90 Å². The zero-order valence-corrected chi connectivity index (χ0v) is 15.7. The van der Waals surface area contributed by atoms with Crippen LogP contribution in [0.5, 0.6) is 0 Å². The molecule has 0 saturated carbocycles. The largest absolute Gasteiger partial charge is 0.379 e. The van der Waals surface area contributed by atoms with E-state index in [0.717, 1.165) is 45.7 Å². The Labute approximate surface area is 156 Å². The Morgan fingerprint density at radius 3 is 2.58 bits per heavy atom. The third-order valence-corrected chi connectivity index (χ3v) is 4.31. The lowest BCUT2D eigenvalue weighted by Crippen LogP contribution is -2.42. The van der Waals surface area contributed by atoms with Crippen molar-refractivity contribution in [2.75, 3.05) is 59.0 Å². The van der Waals surface area contributed by atoms with Crippen LogP contribution < -0.4 is 11.1 Å². The maximum absolute atomic E-state index is 12.1. The lowest BCUT2D eigenvalue weighted by molar-refractivity contribution is -0.129. The molecule has 2 aliphatic heterocycles. The molecule has 0 aromatic rings. The van der Waals surface area contributed by atoms with E-state index in [-0.39, 0.29) is 42.5 Å². The third-order valence-electron chi connectivity index (χ3n) is 4.31. The average molecular weight is 385 g/mol. The molecule has 2 aliphatic rings. The van der Waals surface area contributed by atoms with Crippen LogP contribution in [0.4, 0.5) is 0 Å². The van der Waals surface area contributed by atoms with Crippen LogP contribution in [0.3, 0.4) is 0 Å². The fraction of sp³-hybridized carbons (Fsp3) is 0.867. The first-order valence-corrected chi connectivity index (χ1v) is 8.26. The molecule has 0 aliphatic carbocycles. The lowest BCUT2D eigenvalue weighted by atomic mass is 10.1. The standard InChI is InChI=1S/C15H28N4O3.2ClH/c16-3-1-2-4-17-15(21)13-11-14(20)19(12-13)6-5-18-7-9-22-10-8-18;;/h13H,1-12,16H2,(H,17,21);2*1H. The minimum Gasteiger partial charge on any atom is -0.379 e. The summed E-state index contributed by atoms with van der Waals surface area (Å²) in [5.41, 5.74) is 5.42. The summed E-state index contributed by atoms with van der Waals surface area (Å²) < 4.78 is 5.31. The zero-order chi connectivity index (χ0) is 15.8. The van der Waals surface area contributed by atoms with Gasteiger partial charge in [0.15, 0.2) is 0 Å². The molecule has 9 heteroatoms. The van der Waals surface area contributed by atoms with Gasteiger partial charge >= 0.3 is 0 Å². The van der Waals surface area contributed by atoms with Crippen molar-refractivity contribution < 1.29 is 14.3 Å². The molecule has 142 valence electrons. The summed E-state index contributed by atoms with van der Waals surface area (Å²) >= 11 is 0. The molecule has 0 aromatic carbocycles. The fourth-order valence-electron chi connectivity index (χ4n) is 2.88.